The van der Waals surface area contributed by atoms with Crippen LogP contribution in [0.5, 0.6) is 5.75 Å². The summed E-state index contributed by atoms with van der Waals surface area (Å²) in [5.41, 5.74) is 1.07. The zero-order valence-electron chi connectivity index (χ0n) is 12.5. The van der Waals surface area contributed by atoms with Gasteiger partial charge in [0.05, 0.1) is 0 Å². The number of nitrogens with one attached hydrogen (secondary N) is 1. The number of amides is 1. The van der Waals surface area contributed by atoms with E-state index in [9.17, 15) is 10.1 Å². The Hall–Kier alpha value is -3.09. The minimum Gasteiger partial charge on any atom is -0.478 e. The molecule has 0 aliphatic rings. The summed E-state index contributed by atoms with van der Waals surface area (Å²) < 4.78 is 6.18. The van der Waals surface area contributed by atoms with E-state index in [1.165, 1.54) is 6.08 Å². The van der Waals surface area contributed by atoms with Gasteiger partial charge in [-0.25, -0.2) is 0 Å². The summed E-state index contributed by atoms with van der Waals surface area (Å²) in [4.78, 5) is 12.3. The molecular formula is C18H12BrN3O2. The van der Waals surface area contributed by atoms with Crippen LogP contribution in [0.15, 0.2) is 58.6 Å². The van der Waals surface area contributed by atoms with Crippen LogP contribution < -0.4 is 10.1 Å². The fraction of sp³-hybridized carbons (Fsp3) is 0.0556. The Kier molecular flexibility index (Phi) is 6.13. The molecule has 0 fully saturated rings. The fourth-order valence-corrected chi connectivity index (χ4v) is 2.14. The highest BCUT2D eigenvalue weighted by Gasteiger charge is 2.11. The molecule has 0 spiro atoms. The molecule has 0 aliphatic heterocycles. The van der Waals surface area contributed by atoms with Gasteiger partial charge in [0.2, 0.25) is 0 Å². The number of hydrogen-bond donors (Lipinski definition) is 1. The highest BCUT2D eigenvalue weighted by molar-refractivity contribution is 9.10. The van der Waals surface area contributed by atoms with Crippen molar-refractivity contribution in [1.29, 1.82) is 10.5 Å². The second kappa shape index (κ2) is 8.52. The smallest absolute Gasteiger partial charge is 0.266 e. The Morgan fingerprint density at radius 1 is 1.17 bits per heavy atom. The van der Waals surface area contributed by atoms with Gasteiger partial charge < -0.3 is 10.1 Å². The van der Waals surface area contributed by atoms with Crippen LogP contribution in [0.2, 0.25) is 0 Å². The van der Waals surface area contributed by atoms with E-state index in [0.29, 0.717) is 17.0 Å². The fourth-order valence-electron chi connectivity index (χ4n) is 1.88. The van der Waals surface area contributed by atoms with Crippen LogP contribution in [0.1, 0.15) is 5.56 Å². The molecule has 24 heavy (non-hydrogen) atoms. The SMILES string of the molecule is N#CCOc1ccccc1/C=C(\C#N)C(=O)Nc1ccc(Br)cc1. The molecule has 1 amide bonds. The standard InChI is InChI=1S/C18H12BrN3O2/c19-15-5-7-16(8-6-15)22-18(23)14(12-21)11-13-3-1-2-4-17(13)24-10-9-20/h1-8,11H,10H2,(H,22,23)/b14-11+. The highest BCUT2D eigenvalue weighted by atomic mass is 79.9. The van der Waals surface area contributed by atoms with Crippen LogP contribution in [0.25, 0.3) is 6.08 Å². The van der Waals surface area contributed by atoms with Gasteiger partial charge in [-0.1, -0.05) is 34.1 Å². The number of carbonyl (C=O) groups is 1. The van der Waals surface area contributed by atoms with Crippen LogP contribution in [-0.2, 0) is 4.79 Å². The van der Waals surface area contributed by atoms with Crippen molar-refractivity contribution in [3.8, 4) is 17.9 Å². The molecule has 0 radical (unpaired) electrons. The monoisotopic (exact) mass is 381 g/mol. The number of carbonyl (C=O) groups excluding carboxylic acids is 1. The first-order valence-corrected chi connectivity index (χ1v) is 7.71. The van der Waals surface area contributed by atoms with E-state index < -0.39 is 5.91 Å². The van der Waals surface area contributed by atoms with Crippen molar-refractivity contribution < 1.29 is 9.53 Å². The Labute approximate surface area is 147 Å². The number of nitriles is 2. The molecule has 6 heteroatoms. The molecule has 2 aromatic carbocycles. The van der Waals surface area contributed by atoms with E-state index in [-0.39, 0.29) is 12.2 Å². The third-order valence-electron chi connectivity index (χ3n) is 2.98. The van der Waals surface area contributed by atoms with Crippen molar-refractivity contribution >= 4 is 33.6 Å². The summed E-state index contributed by atoms with van der Waals surface area (Å²) in [5.74, 6) is -0.0850. The molecule has 0 bridgehead atoms. The van der Waals surface area contributed by atoms with E-state index >= 15 is 0 Å². The number of nitrogens with zero attached hydrogens (tertiary/aromatic N) is 2. The highest BCUT2D eigenvalue weighted by Crippen LogP contribution is 2.21. The van der Waals surface area contributed by atoms with E-state index in [2.05, 4.69) is 21.2 Å². The lowest BCUT2D eigenvalue weighted by Gasteiger charge is -2.07. The molecule has 0 atom stereocenters. The molecule has 2 aromatic rings. The van der Waals surface area contributed by atoms with Gasteiger partial charge in [-0.2, -0.15) is 10.5 Å². The van der Waals surface area contributed by atoms with Gasteiger partial charge >= 0.3 is 0 Å². The third kappa shape index (κ3) is 4.70. The summed E-state index contributed by atoms with van der Waals surface area (Å²) in [7, 11) is 0. The number of anilines is 1. The largest absolute Gasteiger partial charge is 0.478 e. The van der Waals surface area contributed by atoms with Crippen LogP contribution in [0.4, 0.5) is 5.69 Å². The van der Waals surface area contributed by atoms with Crippen LogP contribution in [0, 0.1) is 22.7 Å². The third-order valence-corrected chi connectivity index (χ3v) is 3.51. The first-order valence-electron chi connectivity index (χ1n) is 6.91. The Morgan fingerprint density at radius 3 is 2.54 bits per heavy atom. The predicted molar refractivity (Wildman–Crippen MR) is 93.9 cm³/mol. The van der Waals surface area contributed by atoms with Crippen molar-refractivity contribution in [2.24, 2.45) is 0 Å². The Bertz CT molecular complexity index is 846. The second-order valence-corrected chi connectivity index (χ2v) is 5.53. The van der Waals surface area contributed by atoms with Gasteiger partial charge in [0, 0.05) is 15.7 Å². The van der Waals surface area contributed by atoms with Crippen LogP contribution in [0.3, 0.4) is 0 Å². The number of benzene rings is 2. The summed E-state index contributed by atoms with van der Waals surface area (Å²) in [6.07, 6.45) is 1.43. The van der Waals surface area contributed by atoms with Gasteiger partial charge in [-0.15, -0.1) is 0 Å². The maximum Gasteiger partial charge on any atom is 0.266 e. The topological polar surface area (TPSA) is 85.9 Å². The molecule has 5 nitrogen and oxygen atoms in total. The predicted octanol–water partition coefficient (Wildman–Crippen LogP) is 3.90. The van der Waals surface area contributed by atoms with Gasteiger partial charge in [0.25, 0.3) is 5.91 Å². The maximum absolute atomic E-state index is 12.3. The minimum absolute atomic E-state index is 0.0640. The second-order valence-electron chi connectivity index (χ2n) is 4.62. The average molecular weight is 382 g/mol. The average Bonchev–Trinajstić information content (AvgIpc) is 2.60. The number of rotatable bonds is 5. The van der Waals surface area contributed by atoms with Crippen LogP contribution >= 0.6 is 15.9 Å². The Morgan fingerprint density at radius 2 is 1.88 bits per heavy atom. The first-order chi connectivity index (χ1) is 11.6. The van der Waals surface area contributed by atoms with Crippen molar-refractivity contribution in [3.05, 3.63) is 64.1 Å². The number of hydrogen-bond acceptors (Lipinski definition) is 4. The lowest BCUT2D eigenvalue weighted by Crippen LogP contribution is -2.13. The molecule has 0 saturated heterocycles. The maximum atomic E-state index is 12.3. The molecule has 1 N–H and O–H groups in total. The first kappa shape index (κ1) is 17.3. The lowest BCUT2D eigenvalue weighted by atomic mass is 10.1. The quantitative estimate of drug-likeness (QED) is 0.628. The zero-order chi connectivity index (χ0) is 17.4. The summed E-state index contributed by atoms with van der Waals surface area (Å²) in [6.45, 7) is -0.113. The molecule has 0 unspecified atom stereocenters. The number of para-hydroxylation sites is 1. The van der Waals surface area contributed by atoms with Gasteiger partial charge in [0.1, 0.15) is 23.5 Å². The normalized spacial score (nSPS) is 10.4. The lowest BCUT2D eigenvalue weighted by molar-refractivity contribution is -0.112. The van der Waals surface area contributed by atoms with Gasteiger partial charge in [0.15, 0.2) is 6.61 Å². The summed E-state index contributed by atoms with van der Waals surface area (Å²) in [5, 5.41) is 20.5. The zero-order valence-corrected chi connectivity index (χ0v) is 14.1. The molecule has 118 valence electrons. The van der Waals surface area contributed by atoms with Crippen molar-refractivity contribution in [1.82, 2.24) is 0 Å². The van der Waals surface area contributed by atoms with Crippen molar-refractivity contribution in [2.45, 2.75) is 0 Å². The minimum atomic E-state index is -0.519. The van der Waals surface area contributed by atoms with Gasteiger partial charge in [-0.3, -0.25) is 4.79 Å². The van der Waals surface area contributed by atoms with Crippen molar-refractivity contribution in [3.63, 3.8) is 0 Å². The number of ether oxygens (including phenoxy) is 1. The molecular weight excluding hydrogens is 370 g/mol. The van der Waals surface area contributed by atoms with E-state index in [0.717, 1.165) is 4.47 Å². The summed E-state index contributed by atoms with van der Waals surface area (Å²) in [6, 6.07) is 17.7. The van der Waals surface area contributed by atoms with Crippen LogP contribution in [-0.4, -0.2) is 12.5 Å². The molecule has 0 saturated carbocycles. The van der Waals surface area contributed by atoms with Crippen molar-refractivity contribution in [2.75, 3.05) is 11.9 Å². The van der Waals surface area contributed by atoms with E-state index in [4.69, 9.17) is 10.00 Å². The number of halogens is 1. The molecule has 0 heterocycles. The molecule has 2 rings (SSSR count). The van der Waals surface area contributed by atoms with Gasteiger partial charge in [-0.05, 0) is 36.4 Å². The Balaban J connectivity index is 2.23. The molecule has 0 aromatic heterocycles. The van der Waals surface area contributed by atoms with E-state index in [1.807, 2.05) is 12.1 Å². The summed E-state index contributed by atoms with van der Waals surface area (Å²) >= 11 is 3.31. The molecule has 0 aliphatic carbocycles. The van der Waals surface area contributed by atoms with E-state index in [1.54, 1.807) is 48.5 Å².